The zero-order valence-corrected chi connectivity index (χ0v) is 10.6. The van der Waals surface area contributed by atoms with Crippen LogP contribution in [0.4, 0.5) is 20.2 Å². The minimum Gasteiger partial charge on any atom is -0.374 e. The minimum atomic E-state index is -0.906. The molecule has 1 amide bonds. The van der Waals surface area contributed by atoms with Crippen LogP contribution in [-0.2, 0) is 11.3 Å². The van der Waals surface area contributed by atoms with Crippen molar-refractivity contribution in [3.63, 3.8) is 0 Å². The second-order valence-electron chi connectivity index (χ2n) is 4.56. The summed E-state index contributed by atoms with van der Waals surface area (Å²) in [5, 5.41) is 3.00. The lowest BCUT2D eigenvalue weighted by molar-refractivity contribution is -0.117. The van der Waals surface area contributed by atoms with E-state index in [1.165, 1.54) is 17.0 Å². The summed E-state index contributed by atoms with van der Waals surface area (Å²) in [6.45, 7) is 0.162. The summed E-state index contributed by atoms with van der Waals surface area (Å²) in [6, 6.07) is 11.2. The van der Waals surface area contributed by atoms with Gasteiger partial charge >= 0.3 is 0 Å². The predicted octanol–water partition coefficient (Wildman–Crippen LogP) is 2.92. The number of hydrogen-bond acceptors (Lipinski definition) is 2. The Morgan fingerprint density at radius 3 is 2.75 bits per heavy atom. The van der Waals surface area contributed by atoms with Gasteiger partial charge in [0.25, 0.3) is 0 Å². The Kier molecular flexibility index (Phi) is 3.10. The molecule has 2 aromatic carbocycles. The van der Waals surface area contributed by atoms with E-state index in [1.54, 1.807) is 12.1 Å². The Balaban J connectivity index is 1.98. The van der Waals surface area contributed by atoms with E-state index in [4.69, 9.17) is 0 Å². The normalized spacial score (nSPS) is 13.9. The molecule has 5 heteroatoms. The number of carbonyl (C=O) groups is 1. The number of amides is 1. The number of carbonyl (C=O) groups excluding carboxylic acids is 1. The van der Waals surface area contributed by atoms with Crippen molar-refractivity contribution in [1.82, 2.24) is 0 Å². The van der Waals surface area contributed by atoms with Gasteiger partial charge in [-0.15, -0.1) is 0 Å². The van der Waals surface area contributed by atoms with Crippen molar-refractivity contribution < 1.29 is 13.6 Å². The third kappa shape index (κ3) is 2.11. The van der Waals surface area contributed by atoms with Gasteiger partial charge < -0.3 is 10.2 Å². The third-order valence-corrected chi connectivity index (χ3v) is 3.29. The molecule has 1 heterocycles. The molecular formula is C15H12F2N2O. The van der Waals surface area contributed by atoms with Crippen molar-refractivity contribution in [3.8, 4) is 0 Å². The zero-order valence-electron chi connectivity index (χ0n) is 10.6. The highest BCUT2D eigenvalue weighted by molar-refractivity contribution is 6.02. The van der Waals surface area contributed by atoms with Crippen LogP contribution in [0.5, 0.6) is 0 Å². The number of hydrogen-bond donors (Lipinski definition) is 1. The number of anilines is 2. The van der Waals surface area contributed by atoms with Crippen molar-refractivity contribution in [3.05, 3.63) is 59.7 Å². The molecule has 0 atom stereocenters. The standard InChI is InChI=1S/C15H12F2N2O/c16-11-5-3-4-10(15(11)17)9-19-13-7-2-1-6-12(13)18-8-14(19)20/h1-7,18H,8-9H2. The monoisotopic (exact) mass is 274 g/mol. The molecule has 0 spiro atoms. The molecule has 3 rings (SSSR count). The van der Waals surface area contributed by atoms with Gasteiger partial charge in [0.1, 0.15) is 0 Å². The quantitative estimate of drug-likeness (QED) is 0.913. The molecule has 0 unspecified atom stereocenters. The first-order chi connectivity index (χ1) is 9.66. The van der Waals surface area contributed by atoms with E-state index in [-0.39, 0.29) is 24.6 Å². The van der Waals surface area contributed by atoms with Gasteiger partial charge in [0.2, 0.25) is 5.91 Å². The Labute approximate surface area is 114 Å². The lowest BCUT2D eigenvalue weighted by Crippen LogP contribution is -2.39. The summed E-state index contributed by atoms with van der Waals surface area (Å²) >= 11 is 0. The van der Waals surface area contributed by atoms with Gasteiger partial charge in [-0.1, -0.05) is 24.3 Å². The molecule has 0 saturated heterocycles. The van der Waals surface area contributed by atoms with Crippen LogP contribution in [0.1, 0.15) is 5.56 Å². The van der Waals surface area contributed by atoms with E-state index >= 15 is 0 Å². The van der Waals surface area contributed by atoms with Crippen LogP contribution in [0.2, 0.25) is 0 Å². The van der Waals surface area contributed by atoms with Crippen LogP contribution in [0.15, 0.2) is 42.5 Å². The van der Waals surface area contributed by atoms with Crippen molar-refractivity contribution >= 4 is 17.3 Å². The maximum absolute atomic E-state index is 13.7. The molecule has 1 N–H and O–H groups in total. The topological polar surface area (TPSA) is 32.3 Å². The average molecular weight is 274 g/mol. The van der Waals surface area contributed by atoms with Crippen LogP contribution < -0.4 is 10.2 Å². The first kappa shape index (κ1) is 12.6. The average Bonchev–Trinajstić information content (AvgIpc) is 2.46. The highest BCUT2D eigenvalue weighted by Crippen LogP contribution is 2.30. The van der Waals surface area contributed by atoms with Crippen LogP contribution in [0, 0.1) is 11.6 Å². The maximum atomic E-state index is 13.7. The smallest absolute Gasteiger partial charge is 0.246 e. The third-order valence-electron chi connectivity index (χ3n) is 3.29. The van der Waals surface area contributed by atoms with E-state index < -0.39 is 11.6 Å². The first-order valence-electron chi connectivity index (χ1n) is 6.23. The zero-order chi connectivity index (χ0) is 14.1. The number of para-hydroxylation sites is 2. The number of rotatable bonds is 2. The maximum Gasteiger partial charge on any atom is 0.246 e. The fourth-order valence-electron chi connectivity index (χ4n) is 2.27. The molecule has 0 aliphatic carbocycles. The fraction of sp³-hybridized carbons (Fsp3) is 0.133. The molecule has 0 saturated carbocycles. The van der Waals surface area contributed by atoms with E-state index in [9.17, 15) is 13.6 Å². The lowest BCUT2D eigenvalue weighted by atomic mass is 10.1. The highest BCUT2D eigenvalue weighted by Gasteiger charge is 2.24. The van der Waals surface area contributed by atoms with Crippen molar-refractivity contribution in [2.75, 3.05) is 16.8 Å². The summed E-state index contributed by atoms with van der Waals surface area (Å²) in [4.78, 5) is 13.5. The fourth-order valence-corrected chi connectivity index (χ4v) is 2.27. The lowest BCUT2D eigenvalue weighted by Gasteiger charge is -2.30. The second kappa shape index (κ2) is 4.92. The van der Waals surface area contributed by atoms with Gasteiger partial charge in [0, 0.05) is 5.56 Å². The van der Waals surface area contributed by atoms with Gasteiger partial charge in [0.05, 0.1) is 24.5 Å². The molecular weight excluding hydrogens is 262 g/mol. The van der Waals surface area contributed by atoms with Gasteiger partial charge in [-0.2, -0.15) is 0 Å². The SMILES string of the molecule is O=C1CNc2ccccc2N1Cc1cccc(F)c1F. The number of halogens is 2. The van der Waals surface area contributed by atoms with Gasteiger partial charge in [0.15, 0.2) is 11.6 Å². The molecule has 102 valence electrons. The van der Waals surface area contributed by atoms with Crippen LogP contribution in [0.25, 0.3) is 0 Å². The van der Waals surface area contributed by atoms with Crippen molar-refractivity contribution in [1.29, 1.82) is 0 Å². The molecule has 0 aromatic heterocycles. The van der Waals surface area contributed by atoms with E-state index in [1.807, 2.05) is 12.1 Å². The van der Waals surface area contributed by atoms with Gasteiger partial charge in [-0.05, 0) is 18.2 Å². The summed E-state index contributed by atoms with van der Waals surface area (Å²) in [6.07, 6.45) is 0. The second-order valence-corrected chi connectivity index (χ2v) is 4.56. The number of fused-ring (bicyclic) bond motifs is 1. The van der Waals surface area contributed by atoms with Crippen LogP contribution in [0.3, 0.4) is 0 Å². The van der Waals surface area contributed by atoms with Crippen molar-refractivity contribution in [2.24, 2.45) is 0 Å². The van der Waals surface area contributed by atoms with E-state index in [0.717, 1.165) is 11.8 Å². The largest absolute Gasteiger partial charge is 0.374 e. The van der Waals surface area contributed by atoms with Crippen LogP contribution in [-0.4, -0.2) is 12.5 Å². The van der Waals surface area contributed by atoms with E-state index in [0.29, 0.717) is 5.69 Å². The van der Waals surface area contributed by atoms with Gasteiger partial charge in [-0.25, -0.2) is 8.78 Å². The summed E-state index contributed by atoms with van der Waals surface area (Å²) in [5.41, 5.74) is 1.64. The van der Waals surface area contributed by atoms with E-state index in [2.05, 4.69) is 5.32 Å². The van der Waals surface area contributed by atoms with Crippen LogP contribution >= 0.6 is 0 Å². The van der Waals surface area contributed by atoms with Crippen molar-refractivity contribution in [2.45, 2.75) is 6.54 Å². The molecule has 20 heavy (non-hydrogen) atoms. The Bertz CT molecular complexity index is 673. The molecule has 3 nitrogen and oxygen atoms in total. The number of nitrogens with zero attached hydrogens (tertiary/aromatic N) is 1. The Hall–Kier alpha value is -2.43. The number of benzene rings is 2. The molecule has 2 aromatic rings. The Morgan fingerprint density at radius 2 is 1.90 bits per heavy atom. The molecule has 1 aliphatic heterocycles. The first-order valence-corrected chi connectivity index (χ1v) is 6.23. The summed E-state index contributed by atoms with van der Waals surface area (Å²) in [7, 11) is 0. The summed E-state index contributed by atoms with van der Waals surface area (Å²) < 4.78 is 27.0. The molecule has 0 fully saturated rings. The Morgan fingerprint density at radius 1 is 1.10 bits per heavy atom. The molecule has 1 aliphatic rings. The number of nitrogens with one attached hydrogen (secondary N) is 1. The molecule has 0 radical (unpaired) electrons. The minimum absolute atomic E-state index is 0.0150. The molecule has 0 bridgehead atoms. The van der Waals surface area contributed by atoms with Gasteiger partial charge in [-0.3, -0.25) is 4.79 Å². The summed E-state index contributed by atoms with van der Waals surface area (Å²) in [5.74, 6) is -1.98. The predicted molar refractivity (Wildman–Crippen MR) is 72.5 cm³/mol. The highest BCUT2D eigenvalue weighted by atomic mass is 19.2.